The number of aryl methyl sites for hydroxylation is 1. The molecule has 0 fully saturated rings. The highest BCUT2D eigenvalue weighted by Gasteiger charge is 2.30. The van der Waals surface area contributed by atoms with Gasteiger partial charge in [0.2, 0.25) is 11.8 Å². The molecule has 0 amide bonds. The highest BCUT2D eigenvalue weighted by Crippen LogP contribution is 2.40. The molecule has 0 saturated heterocycles. The number of aromatic nitrogens is 2. The minimum Gasteiger partial charge on any atom is -0.436 e. The van der Waals surface area contributed by atoms with Crippen LogP contribution in [-0.2, 0) is 6.18 Å². The van der Waals surface area contributed by atoms with Crippen molar-refractivity contribution in [1.82, 2.24) is 9.97 Å². The van der Waals surface area contributed by atoms with E-state index >= 15 is 0 Å². The van der Waals surface area contributed by atoms with E-state index in [9.17, 15) is 17.6 Å². The van der Waals surface area contributed by atoms with Crippen molar-refractivity contribution in [1.29, 1.82) is 0 Å². The largest absolute Gasteiger partial charge is 0.436 e. The first-order chi connectivity index (χ1) is 13.7. The molecule has 9 heteroatoms. The van der Waals surface area contributed by atoms with Crippen molar-refractivity contribution in [2.24, 2.45) is 0 Å². The lowest BCUT2D eigenvalue weighted by Gasteiger charge is -2.09. The number of hydrogen-bond donors (Lipinski definition) is 2. The van der Waals surface area contributed by atoms with Crippen LogP contribution >= 0.6 is 0 Å². The van der Waals surface area contributed by atoms with Gasteiger partial charge in [-0.3, -0.25) is 4.98 Å². The maximum absolute atomic E-state index is 14.2. The van der Waals surface area contributed by atoms with Gasteiger partial charge in [0.1, 0.15) is 11.4 Å². The van der Waals surface area contributed by atoms with Crippen molar-refractivity contribution < 1.29 is 22.0 Å². The topological polar surface area (TPSA) is 77.0 Å². The molecule has 0 radical (unpaired) electrons. The molecule has 3 aromatic heterocycles. The van der Waals surface area contributed by atoms with Gasteiger partial charge in [-0.15, -0.1) is 0 Å². The molecule has 0 saturated carbocycles. The SMILES string of the molecule is Cc1cc(-c2nc(F)cc3c(Nc4ccc(C(F)(F)F)cc4)c(N)oc23)ccn1. The molecule has 29 heavy (non-hydrogen) atoms. The number of nitrogens with one attached hydrogen (secondary N) is 1. The summed E-state index contributed by atoms with van der Waals surface area (Å²) in [5.74, 6) is -0.794. The number of anilines is 3. The molecule has 4 rings (SSSR count). The second kappa shape index (κ2) is 6.77. The van der Waals surface area contributed by atoms with Gasteiger partial charge in [-0.2, -0.15) is 17.6 Å². The fraction of sp³-hybridized carbons (Fsp3) is 0.100. The van der Waals surface area contributed by atoms with Gasteiger partial charge in [0.25, 0.3) is 0 Å². The normalized spacial score (nSPS) is 11.8. The van der Waals surface area contributed by atoms with Crippen LogP contribution in [0.15, 0.2) is 53.1 Å². The molecule has 1 aromatic carbocycles. The van der Waals surface area contributed by atoms with E-state index in [1.54, 1.807) is 25.3 Å². The monoisotopic (exact) mass is 402 g/mol. The van der Waals surface area contributed by atoms with Gasteiger partial charge in [0, 0.05) is 29.2 Å². The van der Waals surface area contributed by atoms with E-state index in [-0.39, 0.29) is 22.8 Å². The number of fused-ring (bicyclic) bond motifs is 1. The third-order valence-corrected chi connectivity index (χ3v) is 4.32. The van der Waals surface area contributed by atoms with Crippen molar-refractivity contribution in [2.75, 3.05) is 11.1 Å². The van der Waals surface area contributed by atoms with E-state index in [1.807, 2.05) is 0 Å². The van der Waals surface area contributed by atoms with Crippen molar-refractivity contribution in [2.45, 2.75) is 13.1 Å². The molecule has 0 aliphatic carbocycles. The summed E-state index contributed by atoms with van der Waals surface area (Å²) in [6, 6.07) is 8.93. The number of pyridine rings is 2. The molecule has 0 unspecified atom stereocenters. The van der Waals surface area contributed by atoms with Gasteiger partial charge >= 0.3 is 6.18 Å². The lowest BCUT2D eigenvalue weighted by Crippen LogP contribution is -2.04. The molecule has 148 valence electrons. The maximum Gasteiger partial charge on any atom is 0.416 e. The van der Waals surface area contributed by atoms with Crippen LogP contribution in [0.5, 0.6) is 0 Å². The summed E-state index contributed by atoms with van der Waals surface area (Å²) in [4.78, 5) is 8.02. The number of furan rings is 1. The molecule has 0 atom stereocenters. The van der Waals surface area contributed by atoms with E-state index in [0.29, 0.717) is 22.3 Å². The Kier molecular flexibility index (Phi) is 4.37. The quantitative estimate of drug-likeness (QED) is 0.340. The summed E-state index contributed by atoms with van der Waals surface area (Å²) in [5, 5.41) is 3.22. The van der Waals surface area contributed by atoms with Gasteiger partial charge in [-0.1, -0.05) is 0 Å². The van der Waals surface area contributed by atoms with Crippen molar-refractivity contribution >= 4 is 28.2 Å². The van der Waals surface area contributed by atoms with Crippen molar-refractivity contribution in [3.8, 4) is 11.3 Å². The molecule has 3 heterocycles. The number of hydrogen-bond acceptors (Lipinski definition) is 5. The molecule has 0 aliphatic rings. The first-order valence-electron chi connectivity index (χ1n) is 8.48. The van der Waals surface area contributed by atoms with E-state index in [2.05, 4.69) is 15.3 Å². The van der Waals surface area contributed by atoms with Crippen LogP contribution in [0.4, 0.5) is 34.8 Å². The number of rotatable bonds is 3. The predicted octanol–water partition coefficient (Wildman–Crippen LogP) is 5.68. The zero-order chi connectivity index (χ0) is 20.8. The fourth-order valence-electron chi connectivity index (χ4n) is 2.99. The van der Waals surface area contributed by atoms with Crippen LogP contribution in [0, 0.1) is 12.9 Å². The number of nitrogen functional groups attached to an aromatic ring is 1. The number of halogens is 4. The predicted molar refractivity (Wildman–Crippen MR) is 101 cm³/mol. The summed E-state index contributed by atoms with van der Waals surface area (Å²) < 4.78 is 58.1. The van der Waals surface area contributed by atoms with Crippen LogP contribution in [0.2, 0.25) is 0 Å². The highest BCUT2D eigenvalue weighted by atomic mass is 19.4. The summed E-state index contributed by atoms with van der Waals surface area (Å²) in [6.07, 6.45) is -2.87. The zero-order valence-corrected chi connectivity index (χ0v) is 15.0. The third kappa shape index (κ3) is 3.58. The van der Waals surface area contributed by atoms with Crippen LogP contribution in [0.1, 0.15) is 11.3 Å². The van der Waals surface area contributed by atoms with E-state index < -0.39 is 17.7 Å². The van der Waals surface area contributed by atoms with Crippen molar-refractivity contribution in [3.63, 3.8) is 0 Å². The molecule has 0 spiro atoms. The third-order valence-electron chi connectivity index (χ3n) is 4.32. The molecular weight excluding hydrogens is 388 g/mol. The van der Waals surface area contributed by atoms with E-state index in [1.165, 1.54) is 12.1 Å². The molecule has 0 aliphatic heterocycles. The molecule has 5 nitrogen and oxygen atoms in total. The van der Waals surface area contributed by atoms with Crippen LogP contribution in [-0.4, -0.2) is 9.97 Å². The maximum atomic E-state index is 14.2. The van der Waals surface area contributed by atoms with Gasteiger partial charge in [0.05, 0.1) is 10.9 Å². The second-order valence-electron chi connectivity index (χ2n) is 6.40. The first-order valence-corrected chi connectivity index (χ1v) is 8.48. The summed E-state index contributed by atoms with van der Waals surface area (Å²) in [5.41, 5.74) is 7.57. The standard InChI is InChI=1S/C20H14F4N4O/c1-10-8-11(6-7-26-10)16-18-14(9-15(21)28-16)17(19(25)29-18)27-13-4-2-12(3-5-13)20(22,23)24/h2-9,27H,25H2,1H3. The Morgan fingerprint density at radius 1 is 1.07 bits per heavy atom. The highest BCUT2D eigenvalue weighted by molar-refractivity contribution is 6.03. The molecule has 0 bridgehead atoms. The number of alkyl halides is 3. The Bertz CT molecular complexity index is 1200. The number of nitrogens with two attached hydrogens (primary N) is 1. The van der Waals surface area contributed by atoms with Crippen LogP contribution < -0.4 is 11.1 Å². The minimum absolute atomic E-state index is 0.0423. The smallest absolute Gasteiger partial charge is 0.416 e. The Morgan fingerprint density at radius 2 is 1.79 bits per heavy atom. The van der Waals surface area contributed by atoms with Gasteiger partial charge < -0.3 is 15.5 Å². The Balaban J connectivity index is 1.79. The molecule has 4 aromatic rings. The van der Waals surface area contributed by atoms with E-state index in [4.69, 9.17) is 10.2 Å². The average Bonchev–Trinajstić information content (AvgIpc) is 2.96. The number of benzene rings is 1. The summed E-state index contributed by atoms with van der Waals surface area (Å²) >= 11 is 0. The minimum atomic E-state index is -4.44. The first kappa shape index (κ1) is 18.7. The van der Waals surface area contributed by atoms with Crippen molar-refractivity contribution in [3.05, 3.63) is 65.9 Å². The van der Waals surface area contributed by atoms with Gasteiger partial charge in [-0.05, 0) is 43.3 Å². The Hall–Kier alpha value is -3.62. The lowest BCUT2D eigenvalue weighted by molar-refractivity contribution is -0.137. The van der Waals surface area contributed by atoms with Gasteiger partial charge in [-0.25, -0.2) is 4.98 Å². The Labute approximate surface area is 162 Å². The van der Waals surface area contributed by atoms with Crippen LogP contribution in [0.25, 0.3) is 22.2 Å². The summed E-state index contributed by atoms with van der Waals surface area (Å²) in [6.45, 7) is 1.79. The fourth-order valence-corrected chi connectivity index (χ4v) is 2.99. The molecular formula is C20H14F4N4O. The Morgan fingerprint density at radius 3 is 2.45 bits per heavy atom. The second-order valence-corrected chi connectivity index (χ2v) is 6.40. The lowest BCUT2D eigenvalue weighted by atomic mass is 10.1. The average molecular weight is 402 g/mol. The van der Waals surface area contributed by atoms with E-state index in [0.717, 1.165) is 18.2 Å². The molecule has 3 N–H and O–H groups in total. The zero-order valence-electron chi connectivity index (χ0n) is 15.0. The van der Waals surface area contributed by atoms with Gasteiger partial charge in [0.15, 0.2) is 5.58 Å². The number of nitrogens with zero attached hydrogens (tertiary/aromatic N) is 2. The van der Waals surface area contributed by atoms with Crippen LogP contribution in [0.3, 0.4) is 0 Å². The summed E-state index contributed by atoms with van der Waals surface area (Å²) in [7, 11) is 0.